The molecular formula is C12H15F2NO2. The lowest BCUT2D eigenvalue weighted by molar-refractivity contribution is -0.0361. The summed E-state index contributed by atoms with van der Waals surface area (Å²) >= 11 is 0. The molecule has 1 aliphatic heterocycles. The van der Waals surface area contributed by atoms with Crippen molar-refractivity contribution in [3.63, 3.8) is 0 Å². The van der Waals surface area contributed by atoms with E-state index in [9.17, 15) is 8.78 Å². The molecule has 0 amide bonds. The normalized spacial score (nSPS) is 20.5. The van der Waals surface area contributed by atoms with E-state index < -0.39 is 11.6 Å². The minimum absolute atomic E-state index is 0.00672. The molecule has 1 fully saturated rings. The Kier molecular flexibility index (Phi) is 4.42. The first-order valence-corrected chi connectivity index (χ1v) is 5.59. The largest absolute Gasteiger partial charge is 0.374 e. The van der Waals surface area contributed by atoms with Gasteiger partial charge in [0.05, 0.1) is 25.9 Å². The third-order valence-electron chi connectivity index (χ3n) is 2.58. The molecule has 0 bridgehead atoms. The highest BCUT2D eigenvalue weighted by atomic mass is 19.1. The molecule has 1 N–H and O–H groups in total. The number of nitrogens with one attached hydrogen (secondary N) is 1. The van der Waals surface area contributed by atoms with Gasteiger partial charge in [0.2, 0.25) is 0 Å². The molecule has 1 saturated heterocycles. The summed E-state index contributed by atoms with van der Waals surface area (Å²) < 4.78 is 36.7. The second kappa shape index (κ2) is 6.05. The van der Waals surface area contributed by atoms with Gasteiger partial charge in [0, 0.05) is 24.7 Å². The van der Waals surface area contributed by atoms with E-state index in [2.05, 4.69) is 5.32 Å². The van der Waals surface area contributed by atoms with Gasteiger partial charge >= 0.3 is 0 Å². The zero-order valence-corrected chi connectivity index (χ0v) is 9.42. The van der Waals surface area contributed by atoms with Gasteiger partial charge in [0.15, 0.2) is 0 Å². The minimum atomic E-state index is -0.578. The summed E-state index contributed by atoms with van der Waals surface area (Å²) in [5.41, 5.74) is 0.357. The van der Waals surface area contributed by atoms with Gasteiger partial charge in [-0.3, -0.25) is 0 Å². The second-order valence-electron chi connectivity index (χ2n) is 3.95. The van der Waals surface area contributed by atoms with Crippen molar-refractivity contribution >= 4 is 0 Å². The quantitative estimate of drug-likeness (QED) is 0.868. The Labute approximate surface area is 98.7 Å². The first kappa shape index (κ1) is 12.4. The molecule has 17 heavy (non-hydrogen) atoms. The molecule has 5 heteroatoms. The molecule has 0 spiro atoms. The molecule has 94 valence electrons. The Morgan fingerprint density at radius 2 is 2.29 bits per heavy atom. The van der Waals surface area contributed by atoms with Crippen molar-refractivity contribution in [3.05, 3.63) is 35.4 Å². The van der Waals surface area contributed by atoms with E-state index in [-0.39, 0.29) is 12.7 Å². The first-order valence-electron chi connectivity index (χ1n) is 5.59. The summed E-state index contributed by atoms with van der Waals surface area (Å²) in [6.07, 6.45) is 0.00672. The summed E-state index contributed by atoms with van der Waals surface area (Å²) in [5, 5.41) is 3.17. The number of benzene rings is 1. The van der Waals surface area contributed by atoms with E-state index >= 15 is 0 Å². The Morgan fingerprint density at radius 1 is 1.41 bits per heavy atom. The summed E-state index contributed by atoms with van der Waals surface area (Å²) in [5.74, 6) is -1.15. The summed E-state index contributed by atoms with van der Waals surface area (Å²) in [6, 6.07) is 3.47. The number of hydrogen-bond donors (Lipinski definition) is 1. The first-order chi connectivity index (χ1) is 8.25. The fraction of sp³-hybridized carbons (Fsp3) is 0.500. The van der Waals surface area contributed by atoms with Gasteiger partial charge in [-0.1, -0.05) is 6.07 Å². The average molecular weight is 243 g/mol. The highest BCUT2D eigenvalue weighted by molar-refractivity contribution is 5.17. The third-order valence-corrected chi connectivity index (χ3v) is 2.58. The van der Waals surface area contributed by atoms with Crippen LogP contribution < -0.4 is 5.32 Å². The van der Waals surface area contributed by atoms with Crippen LogP contribution in [-0.2, 0) is 16.1 Å². The second-order valence-corrected chi connectivity index (χ2v) is 3.95. The highest BCUT2D eigenvalue weighted by Crippen LogP contribution is 2.11. The van der Waals surface area contributed by atoms with Crippen LogP contribution in [0.2, 0.25) is 0 Å². The zero-order valence-electron chi connectivity index (χ0n) is 9.42. The van der Waals surface area contributed by atoms with Gasteiger partial charge in [-0.25, -0.2) is 8.78 Å². The van der Waals surface area contributed by atoms with Gasteiger partial charge in [0.1, 0.15) is 11.6 Å². The van der Waals surface area contributed by atoms with Crippen LogP contribution in [0.4, 0.5) is 8.78 Å². The Balaban J connectivity index is 1.77. The maximum absolute atomic E-state index is 13.3. The predicted octanol–water partition coefficient (Wildman–Crippen LogP) is 1.47. The molecule has 1 aromatic carbocycles. The predicted molar refractivity (Wildman–Crippen MR) is 58.6 cm³/mol. The van der Waals surface area contributed by atoms with E-state index in [4.69, 9.17) is 9.47 Å². The van der Waals surface area contributed by atoms with Crippen molar-refractivity contribution in [1.29, 1.82) is 0 Å². The van der Waals surface area contributed by atoms with Crippen molar-refractivity contribution in [2.45, 2.75) is 12.7 Å². The standard InChI is InChI=1S/C12H15F2NO2/c13-10-2-1-9(12(14)5-10)7-16-8-11-6-15-3-4-17-11/h1-2,5,11,15H,3-4,6-8H2. The van der Waals surface area contributed by atoms with Crippen LogP contribution in [0.3, 0.4) is 0 Å². The molecule has 1 aliphatic rings. The van der Waals surface area contributed by atoms with Crippen LogP contribution in [0.25, 0.3) is 0 Å². The molecular weight excluding hydrogens is 228 g/mol. The fourth-order valence-electron chi connectivity index (χ4n) is 1.67. The van der Waals surface area contributed by atoms with Crippen LogP contribution >= 0.6 is 0 Å². The smallest absolute Gasteiger partial charge is 0.131 e. The monoisotopic (exact) mass is 243 g/mol. The zero-order chi connectivity index (χ0) is 12.1. The SMILES string of the molecule is Fc1ccc(COCC2CNCCO2)c(F)c1. The van der Waals surface area contributed by atoms with E-state index in [1.54, 1.807) is 0 Å². The maximum Gasteiger partial charge on any atom is 0.131 e. The van der Waals surface area contributed by atoms with E-state index in [1.165, 1.54) is 12.1 Å². The molecule has 1 heterocycles. The van der Waals surface area contributed by atoms with E-state index in [0.717, 1.165) is 19.2 Å². The molecule has 0 aromatic heterocycles. The van der Waals surface area contributed by atoms with Gasteiger partial charge in [-0.15, -0.1) is 0 Å². The summed E-state index contributed by atoms with van der Waals surface area (Å²) in [7, 11) is 0. The van der Waals surface area contributed by atoms with Crippen molar-refractivity contribution in [3.8, 4) is 0 Å². The van der Waals surface area contributed by atoms with Crippen LogP contribution in [0, 0.1) is 11.6 Å². The van der Waals surface area contributed by atoms with Gasteiger partial charge in [-0.05, 0) is 6.07 Å². The minimum Gasteiger partial charge on any atom is -0.374 e. The Hall–Kier alpha value is -1.04. The molecule has 1 unspecified atom stereocenters. The van der Waals surface area contributed by atoms with Gasteiger partial charge in [0.25, 0.3) is 0 Å². The van der Waals surface area contributed by atoms with Crippen molar-refractivity contribution in [1.82, 2.24) is 5.32 Å². The fourth-order valence-corrected chi connectivity index (χ4v) is 1.67. The molecule has 0 aliphatic carbocycles. The Morgan fingerprint density at radius 3 is 3.00 bits per heavy atom. The van der Waals surface area contributed by atoms with Crippen LogP contribution in [0.5, 0.6) is 0 Å². The molecule has 2 rings (SSSR count). The number of rotatable bonds is 4. The number of ether oxygens (including phenoxy) is 2. The lowest BCUT2D eigenvalue weighted by Crippen LogP contribution is -2.40. The number of hydrogen-bond acceptors (Lipinski definition) is 3. The molecule has 0 radical (unpaired) electrons. The topological polar surface area (TPSA) is 30.5 Å². The summed E-state index contributed by atoms with van der Waals surface area (Å²) in [6.45, 7) is 2.80. The maximum atomic E-state index is 13.3. The number of morpholine rings is 1. The van der Waals surface area contributed by atoms with Crippen LogP contribution in [0.1, 0.15) is 5.56 Å². The average Bonchev–Trinajstić information content (AvgIpc) is 2.33. The van der Waals surface area contributed by atoms with E-state index in [0.29, 0.717) is 18.8 Å². The number of halogens is 2. The lowest BCUT2D eigenvalue weighted by Gasteiger charge is -2.23. The van der Waals surface area contributed by atoms with Crippen LogP contribution in [0.15, 0.2) is 18.2 Å². The van der Waals surface area contributed by atoms with Crippen molar-refractivity contribution in [2.24, 2.45) is 0 Å². The molecule has 1 aromatic rings. The summed E-state index contributed by atoms with van der Waals surface area (Å²) in [4.78, 5) is 0. The molecule has 3 nitrogen and oxygen atoms in total. The van der Waals surface area contributed by atoms with Crippen molar-refractivity contribution < 1.29 is 18.3 Å². The van der Waals surface area contributed by atoms with Gasteiger partial charge < -0.3 is 14.8 Å². The Bertz CT molecular complexity index is 368. The molecule has 1 atom stereocenters. The van der Waals surface area contributed by atoms with Gasteiger partial charge in [-0.2, -0.15) is 0 Å². The molecule has 0 saturated carbocycles. The van der Waals surface area contributed by atoms with E-state index in [1.807, 2.05) is 0 Å². The van der Waals surface area contributed by atoms with Crippen molar-refractivity contribution in [2.75, 3.05) is 26.3 Å². The lowest BCUT2D eigenvalue weighted by atomic mass is 10.2. The highest BCUT2D eigenvalue weighted by Gasteiger charge is 2.13. The third kappa shape index (κ3) is 3.73. The van der Waals surface area contributed by atoms with Crippen LogP contribution in [-0.4, -0.2) is 32.4 Å².